The third-order valence-electron chi connectivity index (χ3n) is 7.76. The van der Waals surface area contributed by atoms with Crippen LogP contribution in [0.1, 0.15) is 17.5 Å². The number of aromatic nitrogens is 3. The first-order valence-electron chi connectivity index (χ1n) is 14.8. The van der Waals surface area contributed by atoms with Gasteiger partial charge in [0, 0.05) is 47.7 Å². The van der Waals surface area contributed by atoms with Gasteiger partial charge in [0.25, 0.3) is 0 Å². The Morgan fingerprint density at radius 1 is 0.979 bits per heavy atom. The molecule has 1 aliphatic heterocycles. The Morgan fingerprint density at radius 3 is 2.56 bits per heavy atom. The van der Waals surface area contributed by atoms with E-state index in [1.807, 2.05) is 0 Å². The number of pyridine rings is 1. The summed E-state index contributed by atoms with van der Waals surface area (Å²) in [5.41, 5.74) is 1.09. The van der Waals surface area contributed by atoms with Gasteiger partial charge >= 0.3 is 6.09 Å². The zero-order valence-electron chi connectivity index (χ0n) is 25.4. The molecule has 2 aromatic heterocycles. The standard InChI is InChI=1S/C33H29F3N6O5S/c1-19-8-9-23-24(10-11-27(36)29(23)41-48(45,46)18-20-5-2-3-7-26(20)35)30(19)47-31-25(6-4-13-37-31)28-12-14-38-32(40-28)39-22-15-21(34)16-42(17-22)33(43)44/h2-14,21-22,41H,15-18H2,1H3,(H,43,44)(H,38,39,40)/t21-,22-/m1/s1. The number of fused-ring (bicyclic) bond motifs is 1. The van der Waals surface area contributed by atoms with E-state index >= 15 is 4.39 Å². The summed E-state index contributed by atoms with van der Waals surface area (Å²) in [6.45, 7) is 1.62. The lowest BCUT2D eigenvalue weighted by Gasteiger charge is -2.33. The molecule has 1 amide bonds. The molecule has 5 aromatic rings. The number of piperidine rings is 1. The SMILES string of the molecule is Cc1ccc2c(NS(=O)(=O)Cc3ccccc3F)c(F)ccc2c1Oc1ncccc1-c1ccnc(N[C@@H]2C[C@@H](F)CN(C(=O)O)C2)n1. The van der Waals surface area contributed by atoms with E-state index in [4.69, 9.17) is 4.74 Å². The van der Waals surface area contributed by atoms with E-state index < -0.39 is 45.7 Å². The van der Waals surface area contributed by atoms with Gasteiger partial charge in [-0.3, -0.25) is 4.72 Å². The second kappa shape index (κ2) is 13.4. The van der Waals surface area contributed by atoms with E-state index in [1.54, 1.807) is 37.3 Å². The molecule has 1 fully saturated rings. The predicted molar refractivity (Wildman–Crippen MR) is 173 cm³/mol. The zero-order chi connectivity index (χ0) is 34.0. The summed E-state index contributed by atoms with van der Waals surface area (Å²) in [7, 11) is -4.23. The highest BCUT2D eigenvalue weighted by molar-refractivity contribution is 7.91. The minimum Gasteiger partial charge on any atom is -0.465 e. The summed E-state index contributed by atoms with van der Waals surface area (Å²) in [5, 5.41) is 12.9. The Labute approximate surface area is 273 Å². The molecule has 1 aliphatic rings. The van der Waals surface area contributed by atoms with Crippen LogP contribution < -0.4 is 14.8 Å². The second-order valence-electron chi connectivity index (χ2n) is 11.3. The summed E-state index contributed by atoms with van der Waals surface area (Å²) in [6, 6.07) is 15.6. The fraction of sp³-hybridized carbons (Fsp3) is 0.212. The first kappa shape index (κ1) is 32.5. The second-order valence-corrected chi connectivity index (χ2v) is 13.0. The molecule has 0 spiro atoms. The highest BCUT2D eigenvalue weighted by Crippen LogP contribution is 2.40. The van der Waals surface area contributed by atoms with Crippen molar-refractivity contribution in [3.05, 3.63) is 102 Å². The summed E-state index contributed by atoms with van der Waals surface area (Å²) < 4.78 is 78.3. The third kappa shape index (κ3) is 7.10. The van der Waals surface area contributed by atoms with Crippen molar-refractivity contribution in [2.45, 2.75) is 31.3 Å². The number of alkyl halides is 1. The maximum Gasteiger partial charge on any atom is 0.407 e. The minimum atomic E-state index is -4.23. The van der Waals surface area contributed by atoms with Crippen LogP contribution in [0.2, 0.25) is 0 Å². The van der Waals surface area contributed by atoms with Crippen LogP contribution in [0.5, 0.6) is 11.6 Å². The number of aryl methyl sites for hydroxylation is 1. The number of halogens is 3. The number of carboxylic acid groups (broad SMARTS) is 1. The van der Waals surface area contributed by atoms with Gasteiger partial charge < -0.3 is 20.1 Å². The Morgan fingerprint density at radius 2 is 1.77 bits per heavy atom. The molecule has 3 N–H and O–H groups in total. The normalized spacial score (nSPS) is 16.5. The van der Waals surface area contributed by atoms with E-state index in [2.05, 4.69) is 25.0 Å². The Bertz CT molecular complexity index is 2120. The summed E-state index contributed by atoms with van der Waals surface area (Å²) in [4.78, 5) is 25.6. The first-order chi connectivity index (χ1) is 23.0. The number of nitrogens with one attached hydrogen (secondary N) is 2. The molecule has 48 heavy (non-hydrogen) atoms. The van der Waals surface area contributed by atoms with Gasteiger partial charge in [0.1, 0.15) is 23.6 Å². The van der Waals surface area contributed by atoms with Gasteiger partial charge in [-0.05, 0) is 48.9 Å². The number of likely N-dealkylation sites (tertiary alicyclic amines) is 1. The van der Waals surface area contributed by atoms with Gasteiger partial charge in [-0.15, -0.1) is 0 Å². The number of ether oxygens (including phenoxy) is 1. The van der Waals surface area contributed by atoms with Gasteiger partial charge in [-0.25, -0.2) is 41.3 Å². The fourth-order valence-corrected chi connectivity index (χ4v) is 6.77. The highest BCUT2D eigenvalue weighted by atomic mass is 32.2. The largest absolute Gasteiger partial charge is 0.465 e. The summed E-state index contributed by atoms with van der Waals surface area (Å²) >= 11 is 0. The molecular formula is C33H29F3N6O5S. The van der Waals surface area contributed by atoms with Crippen LogP contribution in [0.3, 0.4) is 0 Å². The molecule has 2 atom stereocenters. The highest BCUT2D eigenvalue weighted by Gasteiger charge is 2.30. The maximum atomic E-state index is 15.2. The Kier molecular flexibility index (Phi) is 9.04. The average Bonchev–Trinajstić information content (AvgIpc) is 3.04. The number of sulfonamides is 1. The lowest BCUT2D eigenvalue weighted by Crippen LogP contribution is -2.49. The van der Waals surface area contributed by atoms with Crippen molar-refractivity contribution in [3.63, 3.8) is 0 Å². The fourth-order valence-electron chi connectivity index (χ4n) is 5.53. The smallest absolute Gasteiger partial charge is 0.407 e. The minimum absolute atomic E-state index is 0.0623. The molecule has 1 saturated heterocycles. The van der Waals surface area contributed by atoms with Gasteiger partial charge in [0.2, 0.25) is 21.9 Å². The molecule has 248 valence electrons. The van der Waals surface area contributed by atoms with Crippen molar-refractivity contribution < 1.29 is 36.2 Å². The number of carbonyl (C=O) groups is 1. The number of hydrogen-bond donors (Lipinski definition) is 3. The molecule has 15 heteroatoms. The van der Waals surface area contributed by atoms with Crippen LogP contribution in [-0.4, -0.2) is 64.8 Å². The molecule has 0 saturated carbocycles. The van der Waals surface area contributed by atoms with Crippen LogP contribution in [0.25, 0.3) is 22.0 Å². The molecule has 11 nitrogen and oxygen atoms in total. The van der Waals surface area contributed by atoms with Crippen molar-refractivity contribution in [1.29, 1.82) is 0 Å². The monoisotopic (exact) mass is 678 g/mol. The molecule has 0 unspecified atom stereocenters. The molecule has 6 rings (SSSR count). The van der Waals surface area contributed by atoms with Crippen LogP contribution in [0, 0.1) is 18.6 Å². The summed E-state index contributed by atoms with van der Waals surface area (Å²) in [6.07, 6.45) is 0.521. The molecule has 0 aliphatic carbocycles. The quantitative estimate of drug-likeness (QED) is 0.159. The third-order valence-corrected chi connectivity index (χ3v) is 8.97. The van der Waals surface area contributed by atoms with Gasteiger partial charge in [-0.2, -0.15) is 0 Å². The lowest BCUT2D eigenvalue weighted by molar-refractivity contribution is 0.102. The van der Waals surface area contributed by atoms with Crippen molar-refractivity contribution in [2.24, 2.45) is 0 Å². The number of anilines is 2. The van der Waals surface area contributed by atoms with Crippen LogP contribution in [0.4, 0.5) is 29.6 Å². The Balaban J connectivity index is 1.30. The number of benzene rings is 3. The number of nitrogens with zero attached hydrogens (tertiary/aromatic N) is 4. The van der Waals surface area contributed by atoms with E-state index in [9.17, 15) is 27.1 Å². The predicted octanol–water partition coefficient (Wildman–Crippen LogP) is 6.51. The molecule has 3 aromatic carbocycles. The van der Waals surface area contributed by atoms with Gasteiger partial charge in [0.15, 0.2) is 0 Å². The molecule has 3 heterocycles. The van der Waals surface area contributed by atoms with E-state index in [1.165, 1.54) is 36.7 Å². The van der Waals surface area contributed by atoms with Crippen molar-refractivity contribution >= 4 is 38.5 Å². The first-order valence-corrected chi connectivity index (χ1v) is 16.4. The summed E-state index contributed by atoms with van der Waals surface area (Å²) in [5.74, 6) is -1.68. The van der Waals surface area contributed by atoms with Gasteiger partial charge in [0.05, 0.1) is 29.2 Å². The molecule has 0 radical (unpaired) electrons. The van der Waals surface area contributed by atoms with Crippen LogP contribution in [-0.2, 0) is 15.8 Å². The number of amides is 1. The number of rotatable bonds is 9. The van der Waals surface area contributed by atoms with Crippen molar-refractivity contribution in [2.75, 3.05) is 23.1 Å². The Hall–Kier alpha value is -5.44. The van der Waals surface area contributed by atoms with Crippen LogP contribution >= 0.6 is 0 Å². The molecular weight excluding hydrogens is 649 g/mol. The lowest BCUT2D eigenvalue weighted by atomic mass is 10.0. The van der Waals surface area contributed by atoms with Crippen molar-refractivity contribution in [1.82, 2.24) is 19.9 Å². The van der Waals surface area contributed by atoms with E-state index in [0.29, 0.717) is 22.2 Å². The van der Waals surface area contributed by atoms with Gasteiger partial charge in [-0.1, -0.05) is 30.3 Å². The maximum absolute atomic E-state index is 15.2. The van der Waals surface area contributed by atoms with Crippen LogP contribution in [0.15, 0.2) is 79.1 Å². The van der Waals surface area contributed by atoms with E-state index in [0.717, 1.165) is 17.0 Å². The molecule has 0 bridgehead atoms. The van der Waals surface area contributed by atoms with Crippen molar-refractivity contribution in [3.8, 4) is 22.9 Å². The van der Waals surface area contributed by atoms with E-state index in [-0.39, 0.29) is 53.7 Å². The topological polar surface area (TPSA) is 147 Å². The average molecular weight is 679 g/mol. The zero-order valence-corrected chi connectivity index (χ0v) is 26.2. The number of hydrogen-bond acceptors (Lipinski definition) is 8.